The third kappa shape index (κ3) is 6.38. The van der Waals surface area contributed by atoms with Gasteiger partial charge in [0, 0.05) is 37.5 Å². The van der Waals surface area contributed by atoms with Gasteiger partial charge in [-0.1, -0.05) is 73.5 Å². The second-order valence-corrected chi connectivity index (χ2v) is 12.6. The van der Waals surface area contributed by atoms with E-state index >= 15 is 0 Å². The summed E-state index contributed by atoms with van der Waals surface area (Å²) in [7, 11) is -4.01. The number of sulfonamides is 1. The van der Waals surface area contributed by atoms with E-state index in [0.717, 1.165) is 35.6 Å². The van der Waals surface area contributed by atoms with Gasteiger partial charge >= 0.3 is 0 Å². The number of carbonyl (C=O) groups excluding carboxylic acids is 3. The second-order valence-electron chi connectivity index (χ2n) is 10.8. The van der Waals surface area contributed by atoms with Gasteiger partial charge in [0.1, 0.15) is 16.8 Å². The molecule has 0 spiro atoms. The normalized spacial score (nSPS) is 16.7. The molecule has 3 aromatic carbocycles. The summed E-state index contributed by atoms with van der Waals surface area (Å²) in [5.74, 6) is -1.85. The number of fused-ring (bicyclic) bond motifs is 1. The largest absolute Gasteiger partial charge is 0.352 e. The summed E-state index contributed by atoms with van der Waals surface area (Å²) in [6.45, 7) is -0.319. The minimum atomic E-state index is -4.01. The highest BCUT2D eigenvalue weighted by atomic mass is 32.2. The minimum Gasteiger partial charge on any atom is -0.352 e. The average Bonchev–Trinajstić information content (AvgIpc) is 3.57. The maximum Gasteiger partial charge on any atom is 0.269 e. The van der Waals surface area contributed by atoms with E-state index in [-0.39, 0.29) is 60.3 Å². The van der Waals surface area contributed by atoms with E-state index in [4.69, 9.17) is 0 Å². The van der Waals surface area contributed by atoms with Crippen LogP contribution in [-0.4, -0.2) is 54.0 Å². The van der Waals surface area contributed by atoms with Crippen molar-refractivity contribution in [1.29, 1.82) is 0 Å². The van der Waals surface area contributed by atoms with Gasteiger partial charge in [0.05, 0.1) is 5.56 Å². The number of benzene rings is 3. The Hall–Kier alpha value is -4.05. The van der Waals surface area contributed by atoms with Crippen molar-refractivity contribution in [3.8, 4) is 0 Å². The topological polar surface area (TPSA) is 104 Å². The zero-order chi connectivity index (χ0) is 29.7. The zero-order valence-corrected chi connectivity index (χ0v) is 24.1. The summed E-state index contributed by atoms with van der Waals surface area (Å²) >= 11 is 0. The summed E-state index contributed by atoms with van der Waals surface area (Å²) in [5, 5.41) is 3.10. The third-order valence-electron chi connectivity index (χ3n) is 7.94. The lowest BCUT2D eigenvalue weighted by molar-refractivity contribution is -0.141. The van der Waals surface area contributed by atoms with Gasteiger partial charge in [-0.15, -0.1) is 0 Å². The van der Waals surface area contributed by atoms with E-state index < -0.39 is 33.7 Å². The second kappa shape index (κ2) is 12.9. The maximum atomic E-state index is 14.8. The van der Waals surface area contributed by atoms with E-state index in [2.05, 4.69) is 5.32 Å². The molecule has 5 rings (SSSR count). The smallest absolute Gasteiger partial charge is 0.269 e. The molecular formula is C32H34FN3O5S. The first-order valence-corrected chi connectivity index (χ1v) is 15.7. The molecule has 3 aromatic rings. The van der Waals surface area contributed by atoms with E-state index in [9.17, 15) is 27.2 Å². The first-order chi connectivity index (χ1) is 20.3. The summed E-state index contributed by atoms with van der Waals surface area (Å²) in [4.78, 5) is 41.7. The molecular weight excluding hydrogens is 557 g/mol. The number of nitrogens with one attached hydrogen (secondary N) is 1. The van der Waals surface area contributed by atoms with Crippen molar-refractivity contribution in [3.63, 3.8) is 0 Å². The predicted octanol–water partition coefficient (Wildman–Crippen LogP) is 4.45. The zero-order valence-electron chi connectivity index (χ0n) is 23.2. The third-order valence-corrected chi connectivity index (χ3v) is 9.78. The lowest BCUT2D eigenvalue weighted by Crippen LogP contribution is -2.52. The van der Waals surface area contributed by atoms with E-state index in [1.165, 1.54) is 23.1 Å². The molecule has 1 heterocycles. The number of rotatable bonds is 11. The molecule has 42 heavy (non-hydrogen) atoms. The highest BCUT2D eigenvalue weighted by Gasteiger charge is 2.40. The SMILES string of the molecule is O=C(NC1CCCC1)C(Cc1ccccc1)N(Cc1ccccc1F)C(=O)CCCN1C(=O)c2ccccc2S1(=O)=O. The Morgan fingerprint density at radius 1 is 0.952 bits per heavy atom. The van der Waals surface area contributed by atoms with E-state index in [0.29, 0.717) is 0 Å². The molecule has 0 bridgehead atoms. The van der Waals surface area contributed by atoms with Crippen LogP contribution in [0.2, 0.25) is 0 Å². The molecule has 1 unspecified atom stereocenters. The Bertz CT molecular complexity index is 1560. The van der Waals surface area contributed by atoms with E-state index in [1.807, 2.05) is 30.3 Å². The molecule has 1 N–H and O–H groups in total. The fraction of sp³-hybridized carbons (Fsp3) is 0.344. The summed E-state index contributed by atoms with van der Waals surface area (Å²) in [6, 6.07) is 20.6. The molecule has 1 fully saturated rings. The summed E-state index contributed by atoms with van der Waals surface area (Å²) in [5.41, 5.74) is 1.23. The molecule has 0 saturated heterocycles. The van der Waals surface area contributed by atoms with Crippen molar-refractivity contribution in [2.45, 2.75) is 68.5 Å². The number of halogens is 1. The summed E-state index contributed by atoms with van der Waals surface area (Å²) < 4.78 is 41.5. The molecule has 1 atom stereocenters. The van der Waals surface area contributed by atoms with Crippen molar-refractivity contribution >= 4 is 27.7 Å². The van der Waals surface area contributed by atoms with Crippen molar-refractivity contribution in [2.24, 2.45) is 0 Å². The van der Waals surface area contributed by atoms with Crippen molar-refractivity contribution in [2.75, 3.05) is 6.54 Å². The van der Waals surface area contributed by atoms with Gasteiger partial charge in [-0.05, 0) is 43.0 Å². The van der Waals surface area contributed by atoms with Crippen molar-refractivity contribution < 1.29 is 27.2 Å². The van der Waals surface area contributed by atoms with Crippen LogP contribution < -0.4 is 5.32 Å². The Morgan fingerprint density at radius 2 is 1.62 bits per heavy atom. The van der Waals surface area contributed by atoms with E-state index in [1.54, 1.807) is 30.3 Å². The first kappa shape index (κ1) is 29.4. The van der Waals surface area contributed by atoms with Crippen LogP contribution in [0.3, 0.4) is 0 Å². The Balaban J connectivity index is 1.38. The molecule has 1 aliphatic heterocycles. The molecule has 3 amide bonds. The Kier molecular flexibility index (Phi) is 9.01. The Morgan fingerprint density at radius 3 is 2.33 bits per heavy atom. The molecule has 0 radical (unpaired) electrons. The monoisotopic (exact) mass is 591 g/mol. The van der Waals surface area contributed by atoms with Crippen LogP contribution in [0.5, 0.6) is 0 Å². The molecule has 1 aliphatic carbocycles. The van der Waals surface area contributed by atoms with Crippen molar-refractivity contribution in [3.05, 3.63) is 101 Å². The highest BCUT2D eigenvalue weighted by molar-refractivity contribution is 7.90. The number of amides is 3. The summed E-state index contributed by atoms with van der Waals surface area (Å²) in [6.07, 6.45) is 3.92. The van der Waals surface area contributed by atoms with Gasteiger partial charge in [0.25, 0.3) is 15.9 Å². The highest BCUT2D eigenvalue weighted by Crippen LogP contribution is 2.30. The lowest BCUT2D eigenvalue weighted by Gasteiger charge is -2.32. The van der Waals surface area contributed by atoms with Gasteiger partial charge in [0.15, 0.2) is 0 Å². The van der Waals surface area contributed by atoms with Crippen LogP contribution in [0.25, 0.3) is 0 Å². The molecule has 8 nitrogen and oxygen atoms in total. The number of hydrogen-bond donors (Lipinski definition) is 1. The van der Waals surface area contributed by atoms with Crippen LogP contribution in [0, 0.1) is 5.82 Å². The predicted molar refractivity (Wildman–Crippen MR) is 155 cm³/mol. The van der Waals surface area contributed by atoms with Crippen LogP contribution in [-0.2, 0) is 32.6 Å². The molecule has 220 valence electrons. The van der Waals surface area contributed by atoms with Gasteiger partial charge in [0.2, 0.25) is 11.8 Å². The fourth-order valence-corrected chi connectivity index (χ4v) is 7.31. The number of carbonyl (C=O) groups is 3. The molecule has 1 saturated carbocycles. The van der Waals surface area contributed by atoms with Crippen LogP contribution in [0.1, 0.15) is 60.0 Å². The van der Waals surface area contributed by atoms with Gasteiger partial charge < -0.3 is 10.2 Å². The molecule has 10 heteroatoms. The van der Waals surface area contributed by atoms with Crippen LogP contribution in [0.15, 0.2) is 83.8 Å². The first-order valence-electron chi connectivity index (χ1n) is 14.3. The standard InChI is InChI=1S/C32H34FN3O5S/c33-27-17-8-4-13-24(27)22-35(28(21-23-11-2-1-3-12-23)31(38)34-25-14-5-6-15-25)30(37)19-10-20-36-32(39)26-16-7-9-18-29(26)42(36,40)41/h1-4,7-9,11-13,16-18,25,28H,5-6,10,14-15,19-22H2,(H,34,38). The Labute approximate surface area is 245 Å². The number of nitrogens with zero attached hydrogens (tertiary/aromatic N) is 2. The minimum absolute atomic E-state index is 0.0224. The molecule has 2 aliphatic rings. The van der Waals surface area contributed by atoms with Gasteiger partial charge in [-0.3, -0.25) is 14.4 Å². The fourth-order valence-electron chi connectivity index (χ4n) is 5.70. The maximum absolute atomic E-state index is 14.8. The van der Waals surface area contributed by atoms with Gasteiger partial charge in [-0.2, -0.15) is 0 Å². The average molecular weight is 592 g/mol. The van der Waals surface area contributed by atoms with Crippen molar-refractivity contribution in [1.82, 2.24) is 14.5 Å². The van der Waals surface area contributed by atoms with Crippen LogP contribution >= 0.6 is 0 Å². The van der Waals surface area contributed by atoms with Gasteiger partial charge in [-0.25, -0.2) is 17.1 Å². The number of hydrogen-bond acceptors (Lipinski definition) is 5. The van der Waals surface area contributed by atoms with Crippen LogP contribution in [0.4, 0.5) is 4.39 Å². The molecule has 0 aromatic heterocycles. The lowest BCUT2D eigenvalue weighted by atomic mass is 10.0. The quantitative estimate of drug-likeness (QED) is 0.355.